The van der Waals surface area contributed by atoms with Crippen LogP contribution in [0, 0.1) is 5.92 Å². The number of methoxy groups -OCH3 is 1. The first kappa shape index (κ1) is 22.5. The molecule has 0 saturated carbocycles. The molecule has 162 valence electrons. The number of rotatable bonds is 10. The molecular weight excluding hydrogens is 398 g/mol. The highest BCUT2D eigenvalue weighted by Crippen LogP contribution is 2.37. The highest BCUT2D eigenvalue weighted by atomic mass is 19.3. The summed E-state index contributed by atoms with van der Waals surface area (Å²) in [6, 6.07) is 23.0. The van der Waals surface area contributed by atoms with Gasteiger partial charge in [-0.1, -0.05) is 66.7 Å². The first-order valence-electron chi connectivity index (χ1n) is 10.3. The number of carboxylic acids is 1. The van der Waals surface area contributed by atoms with Crippen molar-refractivity contribution in [1.29, 1.82) is 0 Å². The van der Waals surface area contributed by atoms with Crippen LogP contribution in [0.2, 0.25) is 0 Å². The van der Waals surface area contributed by atoms with E-state index in [2.05, 4.69) is 0 Å². The van der Waals surface area contributed by atoms with Crippen LogP contribution in [0.1, 0.15) is 30.4 Å². The van der Waals surface area contributed by atoms with Gasteiger partial charge in [-0.15, -0.1) is 0 Å². The number of benzene rings is 3. The van der Waals surface area contributed by atoms with Crippen LogP contribution >= 0.6 is 0 Å². The fraction of sp³-hybridized carbons (Fsp3) is 0.269. The summed E-state index contributed by atoms with van der Waals surface area (Å²) in [5, 5.41) is 9.47. The number of aryl methyl sites for hydroxylation is 1. The standard InChI is InChI=1S/C26H26F2O3/c1-31-24-16-12-21(13-17-24)20-10-14-23(15-11-20)26(27,28)18-22(25(29)30)9-5-8-19-6-3-2-4-7-19/h2-4,6-7,10-17,22H,5,8-9,18H2,1H3,(H,29,30). The monoisotopic (exact) mass is 424 g/mol. The van der Waals surface area contributed by atoms with E-state index in [0.717, 1.165) is 22.4 Å². The lowest BCUT2D eigenvalue weighted by atomic mass is 9.90. The molecule has 3 nitrogen and oxygen atoms in total. The Morgan fingerprint density at radius 1 is 0.935 bits per heavy atom. The molecule has 3 rings (SSSR count). The van der Waals surface area contributed by atoms with E-state index >= 15 is 0 Å². The summed E-state index contributed by atoms with van der Waals surface area (Å²) >= 11 is 0. The zero-order valence-electron chi connectivity index (χ0n) is 17.4. The molecule has 3 aromatic rings. The van der Waals surface area contributed by atoms with Crippen molar-refractivity contribution in [2.45, 2.75) is 31.6 Å². The number of carbonyl (C=O) groups is 1. The van der Waals surface area contributed by atoms with E-state index in [1.807, 2.05) is 54.6 Å². The molecule has 1 N–H and O–H groups in total. The van der Waals surface area contributed by atoms with Crippen LogP contribution in [0.25, 0.3) is 11.1 Å². The lowest BCUT2D eigenvalue weighted by molar-refractivity contribution is -0.146. The van der Waals surface area contributed by atoms with E-state index < -0.39 is 24.2 Å². The summed E-state index contributed by atoms with van der Waals surface area (Å²) in [7, 11) is 1.58. The summed E-state index contributed by atoms with van der Waals surface area (Å²) in [4.78, 5) is 11.6. The fourth-order valence-corrected chi connectivity index (χ4v) is 3.63. The summed E-state index contributed by atoms with van der Waals surface area (Å²) in [5.74, 6) is -4.77. The fourth-order valence-electron chi connectivity index (χ4n) is 3.63. The van der Waals surface area contributed by atoms with Crippen LogP contribution < -0.4 is 4.74 Å². The molecule has 0 heterocycles. The molecule has 3 aromatic carbocycles. The van der Waals surface area contributed by atoms with E-state index in [0.29, 0.717) is 12.8 Å². The number of hydrogen-bond acceptors (Lipinski definition) is 2. The third-order valence-electron chi connectivity index (χ3n) is 5.44. The Labute approximate surface area is 181 Å². The van der Waals surface area contributed by atoms with Gasteiger partial charge in [0.05, 0.1) is 13.0 Å². The number of ether oxygens (including phenoxy) is 1. The molecule has 5 heteroatoms. The highest BCUT2D eigenvalue weighted by Gasteiger charge is 2.37. The second kappa shape index (κ2) is 10.2. The van der Waals surface area contributed by atoms with Crippen molar-refractivity contribution in [2.24, 2.45) is 5.92 Å². The predicted molar refractivity (Wildman–Crippen MR) is 117 cm³/mol. The van der Waals surface area contributed by atoms with Gasteiger partial charge in [0.15, 0.2) is 0 Å². The summed E-state index contributed by atoms with van der Waals surface area (Å²) in [6.45, 7) is 0. The Kier molecular flexibility index (Phi) is 7.40. The Morgan fingerprint density at radius 2 is 1.52 bits per heavy atom. The normalized spacial score (nSPS) is 12.4. The molecule has 0 aliphatic heterocycles. The number of halogens is 2. The van der Waals surface area contributed by atoms with E-state index in [4.69, 9.17) is 4.74 Å². The van der Waals surface area contributed by atoms with Gasteiger partial charge in [0, 0.05) is 12.0 Å². The van der Waals surface area contributed by atoms with Crippen molar-refractivity contribution in [2.75, 3.05) is 7.11 Å². The van der Waals surface area contributed by atoms with Gasteiger partial charge in [0.2, 0.25) is 0 Å². The number of hydrogen-bond donors (Lipinski definition) is 1. The Bertz CT molecular complexity index is 968. The molecule has 0 bridgehead atoms. The smallest absolute Gasteiger partial charge is 0.306 e. The van der Waals surface area contributed by atoms with E-state index in [9.17, 15) is 18.7 Å². The number of aliphatic carboxylic acids is 1. The average Bonchev–Trinajstić information content (AvgIpc) is 2.79. The zero-order valence-corrected chi connectivity index (χ0v) is 17.4. The SMILES string of the molecule is COc1ccc(-c2ccc(C(F)(F)CC(CCCc3ccccc3)C(=O)O)cc2)cc1. The maximum atomic E-state index is 14.9. The minimum atomic E-state index is -3.21. The van der Waals surface area contributed by atoms with E-state index in [1.165, 1.54) is 12.1 Å². The van der Waals surface area contributed by atoms with E-state index in [-0.39, 0.29) is 12.0 Å². The second-order valence-electron chi connectivity index (χ2n) is 7.63. The summed E-state index contributed by atoms with van der Waals surface area (Å²) in [5.41, 5.74) is 2.60. The van der Waals surface area contributed by atoms with Crippen molar-refractivity contribution in [1.82, 2.24) is 0 Å². The van der Waals surface area contributed by atoms with Crippen molar-refractivity contribution in [3.05, 3.63) is 90.0 Å². The Morgan fingerprint density at radius 3 is 2.06 bits per heavy atom. The summed E-state index contributed by atoms with van der Waals surface area (Å²) in [6.07, 6.45) is 0.725. The zero-order chi connectivity index (χ0) is 22.3. The van der Waals surface area contributed by atoms with Gasteiger partial charge >= 0.3 is 5.97 Å². The summed E-state index contributed by atoms with van der Waals surface area (Å²) < 4.78 is 34.9. The molecule has 1 atom stereocenters. The molecule has 0 aromatic heterocycles. The molecule has 0 saturated heterocycles. The average molecular weight is 424 g/mol. The van der Waals surface area contributed by atoms with Crippen LogP contribution in [0.5, 0.6) is 5.75 Å². The maximum absolute atomic E-state index is 14.9. The van der Waals surface area contributed by atoms with Crippen LogP contribution in [0.4, 0.5) is 8.78 Å². The Balaban J connectivity index is 1.64. The molecule has 0 fully saturated rings. The first-order chi connectivity index (χ1) is 14.9. The molecule has 0 amide bonds. The quantitative estimate of drug-likeness (QED) is 0.400. The lowest BCUT2D eigenvalue weighted by Crippen LogP contribution is -2.24. The molecule has 0 aliphatic carbocycles. The number of alkyl halides is 2. The van der Waals surface area contributed by atoms with Crippen molar-refractivity contribution in [3.63, 3.8) is 0 Å². The maximum Gasteiger partial charge on any atom is 0.306 e. The molecular formula is C26H26F2O3. The highest BCUT2D eigenvalue weighted by molar-refractivity contribution is 5.70. The van der Waals surface area contributed by atoms with Crippen LogP contribution in [0.3, 0.4) is 0 Å². The van der Waals surface area contributed by atoms with Crippen molar-refractivity contribution in [3.8, 4) is 16.9 Å². The van der Waals surface area contributed by atoms with Gasteiger partial charge in [-0.3, -0.25) is 4.79 Å². The third-order valence-corrected chi connectivity index (χ3v) is 5.44. The van der Waals surface area contributed by atoms with Crippen LogP contribution in [-0.2, 0) is 17.1 Å². The molecule has 1 unspecified atom stereocenters. The molecule has 0 radical (unpaired) electrons. The lowest BCUT2D eigenvalue weighted by Gasteiger charge is -2.21. The van der Waals surface area contributed by atoms with Crippen molar-refractivity contribution >= 4 is 5.97 Å². The van der Waals surface area contributed by atoms with Gasteiger partial charge in [-0.25, -0.2) is 8.78 Å². The third kappa shape index (κ3) is 6.14. The predicted octanol–water partition coefficient (Wildman–Crippen LogP) is 6.57. The van der Waals surface area contributed by atoms with Gasteiger partial charge in [0.1, 0.15) is 5.75 Å². The molecule has 0 aliphatic rings. The van der Waals surface area contributed by atoms with Gasteiger partial charge in [0.25, 0.3) is 5.92 Å². The van der Waals surface area contributed by atoms with Gasteiger partial charge < -0.3 is 9.84 Å². The topological polar surface area (TPSA) is 46.5 Å². The number of carboxylic acid groups (broad SMARTS) is 1. The molecule has 0 spiro atoms. The molecule has 31 heavy (non-hydrogen) atoms. The first-order valence-corrected chi connectivity index (χ1v) is 10.3. The van der Waals surface area contributed by atoms with Crippen LogP contribution in [0.15, 0.2) is 78.9 Å². The minimum absolute atomic E-state index is 0.168. The van der Waals surface area contributed by atoms with Crippen LogP contribution in [-0.4, -0.2) is 18.2 Å². The minimum Gasteiger partial charge on any atom is -0.497 e. The second-order valence-corrected chi connectivity index (χ2v) is 7.63. The van der Waals surface area contributed by atoms with Gasteiger partial charge in [-0.2, -0.15) is 0 Å². The van der Waals surface area contributed by atoms with Crippen molar-refractivity contribution < 1.29 is 23.4 Å². The Hall–Kier alpha value is -3.21. The van der Waals surface area contributed by atoms with Gasteiger partial charge in [-0.05, 0) is 48.1 Å². The largest absolute Gasteiger partial charge is 0.497 e. The van der Waals surface area contributed by atoms with E-state index in [1.54, 1.807) is 19.2 Å².